The van der Waals surface area contributed by atoms with Crippen LogP contribution in [0.25, 0.3) is 0 Å². The summed E-state index contributed by atoms with van der Waals surface area (Å²) in [5.41, 5.74) is -4.65. The van der Waals surface area contributed by atoms with Crippen LogP contribution in [0, 0.1) is 11.3 Å². The van der Waals surface area contributed by atoms with E-state index in [9.17, 15) is 24.6 Å². The maximum Gasteiger partial charge on any atom is 0.339 e. The number of ether oxygens (including phenoxy) is 4. The lowest BCUT2D eigenvalue weighted by Crippen LogP contribution is -2.77. The van der Waals surface area contributed by atoms with Crippen molar-refractivity contribution in [1.29, 1.82) is 0 Å². The smallest absolute Gasteiger partial charge is 0.339 e. The number of esters is 3. The molecule has 9 heteroatoms. The van der Waals surface area contributed by atoms with Crippen molar-refractivity contribution in [2.45, 2.75) is 68.5 Å². The van der Waals surface area contributed by atoms with Crippen molar-refractivity contribution in [3.63, 3.8) is 0 Å². The Balaban J connectivity index is 1.47. The van der Waals surface area contributed by atoms with Crippen molar-refractivity contribution in [1.82, 2.24) is 0 Å². The van der Waals surface area contributed by atoms with E-state index in [4.69, 9.17) is 18.9 Å². The standard InChI is InChI=1S/C36H38O9/c1-33-19-18-28(42-30(39)24-12-6-3-7-13-24)35(23-38,44-32(41)26-16-10-5-11-17-26)36(33)21-27(34(2,22-37)45-36)20-29(33)43-31(40)25-14-8-4-9-15-25/h3-17,27-29,37-38H,18-23H2,1-2H3/t27-,28-,29-,33+,34?,35+,36-/m1/s1. The topological polar surface area (TPSA) is 129 Å². The highest BCUT2D eigenvalue weighted by Crippen LogP contribution is 2.68. The second kappa shape index (κ2) is 11.7. The molecule has 3 aromatic carbocycles. The average Bonchev–Trinajstić information content (AvgIpc) is 3.35. The van der Waals surface area contributed by atoms with Gasteiger partial charge in [-0.25, -0.2) is 14.4 Å². The Morgan fingerprint density at radius 3 is 1.71 bits per heavy atom. The number of benzene rings is 3. The SMILES string of the molecule is CC1(CO)O[C@]23C[C@H]1C[C@@H](OC(=O)c1ccccc1)[C@]2(C)CC[C@@H](OC(=O)c1ccccc1)[C@]3(CO)OC(=O)c1ccccc1. The van der Waals surface area contributed by atoms with Gasteiger partial charge in [0, 0.05) is 5.41 Å². The van der Waals surface area contributed by atoms with Gasteiger partial charge in [0.25, 0.3) is 0 Å². The van der Waals surface area contributed by atoms with Crippen molar-refractivity contribution in [2.24, 2.45) is 11.3 Å². The van der Waals surface area contributed by atoms with Gasteiger partial charge in [-0.05, 0) is 74.9 Å². The summed E-state index contributed by atoms with van der Waals surface area (Å²) < 4.78 is 25.7. The van der Waals surface area contributed by atoms with Crippen LogP contribution in [0.15, 0.2) is 91.0 Å². The van der Waals surface area contributed by atoms with E-state index in [1.54, 1.807) is 91.9 Å². The van der Waals surface area contributed by atoms with Gasteiger partial charge in [0.15, 0.2) is 0 Å². The van der Waals surface area contributed by atoms with Crippen LogP contribution in [0.2, 0.25) is 0 Å². The minimum absolute atomic E-state index is 0.183. The summed E-state index contributed by atoms with van der Waals surface area (Å²) in [6.07, 6.45) is -0.669. The molecule has 0 amide bonds. The number of aliphatic hydroxyl groups is 2. The molecule has 9 nitrogen and oxygen atoms in total. The van der Waals surface area contributed by atoms with Crippen molar-refractivity contribution in [3.05, 3.63) is 108 Å². The van der Waals surface area contributed by atoms with Crippen molar-refractivity contribution >= 4 is 17.9 Å². The molecule has 1 spiro atoms. The summed E-state index contributed by atoms with van der Waals surface area (Å²) in [5.74, 6) is -2.23. The van der Waals surface area contributed by atoms with Crippen molar-refractivity contribution < 1.29 is 43.5 Å². The number of carbonyl (C=O) groups excluding carboxylic acids is 3. The molecule has 0 aromatic heterocycles. The van der Waals surface area contributed by atoms with Gasteiger partial charge < -0.3 is 29.2 Å². The lowest BCUT2D eigenvalue weighted by atomic mass is 9.48. The van der Waals surface area contributed by atoms with E-state index in [0.717, 1.165) is 0 Å². The zero-order valence-electron chi connectivity index (χ0n) is 25.4. The Morgan fingerprint density at radius 1 is 0.733 bits per heavy atom. The molecule has 1 heterocycles. The molecule has 1 unspecified atom stereocenters. The minimum Gasteiger partial charge on any atom is -0.458 e. The Kier molecular flexibility index (Phi) is 8.05. The summed E-state index contributed by atoms with van der Waals surface area (Å²) in [6, 6.07) is 25.5. The number of rotatable bonds is 8. The van der Waals surface area contributed by atoms with Crippen molar-refractivity contribution in [3.8, 4) is 0 Å². The number of aliphatic hydroxyl groups excluding tert-OH is 2. The van der Waals surface area contributed by atoms with E-state index in [1.165, 1.54) is 0 Å². The van der Waals surface area contributed by atoms with Crippen LogP contribution in [0.3, 0.4) is 0 Å². The maximum absolute atomic E-state index is 13.8. The molecule has 0 radical (unpaired) electrons. The molecule has 3 aromatic rings. The zero-order chi connectivity index (χ0) is 31.9. The van der Waals surface area contributed by atoms with Gasteiger partial charge in [-0.3, -0.25) is 0 Å². The summed E-state index contributed by atoms with van der Waals surface area (Å²) in [5, 5.41) is 22.1. The molecule has 2 bridgehead atoms. The van der Waals surface area contributed by atoms with E-state index in [1.807, 2.05) is 13.0 Å². The Morgan fingerprint density at radius 2 is 1.22 bits per heavy atom. The molecule has 2 N–H and O–H groups in total. The van der Waals surface area contributed by atoms with Crippen LogP contribution in [0.4, 0.5) is 0 Å². The molecule has 2 saturated carbocycles. The van der Waals surface area contributed by atoms with Gasteiger partial charge >= 0.3 is 17.9 Å². The molecular weight excluding hydrogens is 576 g/mol. The molecule has 2 aliphatic carbocycles. The van der Waals surface area contributed by atoms with Crippen LogP contribution >= 0.6 is 0 Å². The Bertz CT molecular complexity index is 1550. The third-order valence-electron chi connectivity index (χ3n) is 10.4. The maximum atomic E-state index is 13.8. The van der Waals surface area contributed by atoms with E-state index >= 15 is 0 Å². The minimum atomic E-state index is -1.92. The fourth-order valence-electron chi connectivity index (χ4n) is 7.82. The molecule has 7 atom stereocenters. The van der Waals surface area contributed by atoms with E-state index < -0.39 is 58.9 Å². The molecule has 1 saturated heterocycles. The second-order valence-corrected chi connectivity index (χ2v) is 12.8. The fourth-order valence-corrected chi connectivity index (χ4v) is 7.82. The molecule has 1 aliphatic heterocycles. The quantitative estimate of drug-likeness (QED) is 0.273. The number of hydrogen-bond donors (Lipinski definition) is 2. The highest BCUT2D eigenvalue weighted by Gasteiger charge is 2.80. The molecular formula is C36H38O9. The monoisotopic (exact) mass is 614 g/mol. The van der Waals surface area contributed by atoms with Gasteiger partial charge in [0.05, 0.1) is 35.5 Å². The first kappa shape index (κ1) is 31.0. The summed E-state index contributed by atoms with van der Waals surface area (Å²) in [7, 11) is 0. The summed E-state index contributed by atoms with van der Waals surface area (Å²) in [6.45, 7) is 2.57. The predicted octanol–water partition coefficient (Wildman–Crippen LogP) is 4.76. The highest BCUT2D eigenvalue weighted by molar-refractivity contribution is 5.91. The predicted molar refractivity (Wildman–Crippen MR) is 162 cm³/mol. The Hall–Kier alpha value is -4.05. The summed E-state index contributed by atoms with van der Waals surface area (Å²) in [4.78, 5) is 40.7. The van der Waals surface area contributed by atoms with E-state index in [-0.39, 0.29) is 30.9 Å². The highest BCUT2D eigenvalue weighted by atomic mass is 16.6. The van der Waals surface area contributed by atoms with Gasteiger partial charge in [0.1, 0.15) is 17.8 Å². The largest absolute Gasteiger partial charge is 0.458 e. The van der Waals surface area contributed by atoms with Gasteiger partial charge in [-0.2, -0.15) is 0 Å². The van der Waals surface area contributed by atoms with Crippen LogP contribution in [-0.2, 0) is 18.9 Å². The first-order chi connectivity index (χ1) is 21.6. The first-order valence-electron chi connectivity index (χ1n) is 15.3. The first-order valence-corrected chi connectivity index (χ1v) is 15.3. The van der Waals surface area contributed by atoms with Gasteiger partial charge in [-0.15, -0.1) is 0 Å². The number of hydrogen-bond acceptors (Lipinski definition) is 9. The molecule has 3 aliphatic rings. The lowest BCUT2D eigenvalue weighted by Gasteiger charge is -2.63. The average molecular weight is 615 g/mol. The van der Waals surface area contributed by atoms with Crippen LogP contribution in [-0.4, -0.2) is 70.3 Å². The van der Waals surface area contributed by atoms with E-state index in [2.05, 4.69) is 0 Å². The molecule has 3 fully saturated rings. The Labute approximate surface area is 262 Å². The van der Waals surface area contributed by atoms with Crippen LogP contribution in [0.5, 0.6) is 0 Å². The normalized spacial score (nSPS) is 33.5. The van der Waals surface area contributed by atoms with Gasteiger partial charge in [-0.1, -0.05) is 61.5 Å². The third-order valence-corrected chi connectivity index (χ3v) is 10.4. The summed E-state index contributed by atoms with van der Waals surface area (Å²) >= 11 is 0. The van der Waals surface area contributed by atoms with E-state index in [0.29, 0.717) is 24.0 Å². The molecule has 45 heavy (non-hydrogen) atoms. The van der Waals surface area contributed by atoms with Crippen molar-refractivity contribution in [2.75, 3.05) is 13.2 Å². The zero-order valence-corrected chi connectivity index (χ0v) is 25.4. The molecule has 236 valence electrons. The fraction of sp³-hybridized carbons (Fsp3) is 0.417. The third kappa shape index (κ3) is 4.94. The molecule has 6 rings (SSSR count). The lowest BCUT2D eigenvalue weighted by molar-refractivity contribution is -0.318. The number of carbonyl (C=O) groups is 3. The van der Waals surface area contributed by atoms with Crippen LogP contribution in [0.1, 0.15) is 70.6 Å². The van der Waals surface area contributed by atoms with Gasteiger partial charge in [0.2, 0.25) is 5.60 Å². The second-order valence-electron chi connectivity index (χ2n) is 12.8. The number of fused-ring (bicyclic) bond motifs is 1. The van der Waals surface area contributed by atoms with Crippen LogP contribution < -0.4 is 0 Å².